The van der Waals surface area contributed by atoms with Crippen LogP contribution in [0, 0.1) is 3.57 Å². The molecule has 0 radical (unpaired) electrons. The Kier molecular flexibility index (Phi) is 6.40. The molecule has 1 aromatic rings. The normalized spacial score (nSPS) is 9.86. The third-order valence-corrected chi connectivity index (χ3v) is 3.42. The van der Waals surface area contributed by atoms with E-state index in [0.29, 0.717) is 0 Å². The Hall–Kier alpha value is -1.84. The predicted octanol–water partition coefficient (Wildman–Crippen LogP) is 1.59. The van der Waals surface area contributed by atoms with Crippen molar-refractivity contribution >= 4 is 46.2 Å². The maximum Gasteiger partial charge on any atom is 0.337 e. The summed E-state index contributed by atoms with van der Waals surface area (Å²) in [6, 6.07) is 4.24. The first-order valence-corrected chi connectivity index (χ1v) is 7.18. The number of hydrogen-bond donors (Lipinski definition) is 3. The number of urea groups is 1. The lowest BCUT2D eigenvalue weighted by molar-refractivity contribution is -0.120. The number of carbonyl (C=O) groups is 3. The zero-order valence-electron chi connectivity index (χ0n) is 11.6. The van der Waals surface area contributed by atoms with Gasteiger partial charge in [-0.2, -0.15) is 0 Å². The number of hydrogen-bond acceptors (Lipinski definition) is 3. The van der Waals surface area contributed by atoms with Gasteiger partial charge < -0.3 is 20.6 Å². The van der Waals surface area contributed by atoms with Gasteiger partial charge in [0.25, 0.3) is 0 Å². The molecule has 7 nitrogen and oxygen atoms in total. The van der Waals surface area contributed by atoms with E-state index in [9.17, 15) is 14.4 Å². The fourth-order valence-corrected chi connectivity index (χ4v) is 2.00. The highest BCUT2D eigenvalue weighted by Gasteiger charge is 2.15. The summed E-state index contributed by atoms with van der Waals surface area (Å²) >= 11 is 2.00. The van der Waals surface area contributed by atoms with E-state index in [0.717, 1.165) is 3.57 Å². The van der Waals surface area contributed by atoms with Crippen LogP contribution in [-0.4, -0.2) is 48.6 Å². The highest BCUT2D eigenvalue weighted by atomic mass is 127. The van der Waals surface area contributed by atoms with Crippen molar-refractivity contribution < 1.29 is 19.5 Å². The zero-order chi connectivity index (χ0) is 16.0. The van der Waals surface area contributed by atoms with Crippen molar-refractivity contribution in [2.75, 3.05) is 26.0 Å². The summed E-state index contributed by atoms with van der Waals surface area (Å²) in [5.74, 6) is -1.29. The number of carboxylic acids is 1. The summed E-state index contributed by atoms with van der Waals surface area (Å²) in [4.78, 5) is 35.6. The van der Waals surface area contributed by atoms with Crippen LogP contribution in [0.4, 0.5) is 10.5 Å². The molecule has 0 fully saturated rings. The molecule has 0 saturated heterocycles. The molecule has 0 unspecified atom stereocenters. The quantitative estimate of drug-likeness (QED) is 0.648. The van der Waals surface area contributed by atoms with Gasteiger partial charge in [-0.15, -0.1) is 0 Å². The fourth-order valence-electron chi connectivity index (χ4n) is 1.51. The molecule has 0 aromatic heterocycles. The third kappa shape index (κ3) is 5.21. The number of halogens is 1. The molecule has 114 valence electrons. The van der Waals surface area contributed by atoms with Gasteiger partial charge in [0, 0.05) is 30.6 Å². The van der Waals surface area contributed by atoms with Crippen LogP contribution >= 0.6 is 22.6 Å². The molecule has 3 N–H and O–H groups in total. The molecule has 1 aromatic carbocycles. The Morgan fingerprint density at radius 2 is 2.00 bits per heavy atom. The topological polar surface area (TPSA) is 98.7 Å². The minimum absolute atomic E-state index is 0.0231. The number of anilines is 1. The van der Waals surface area contributed by atoms with Crippen molar-refractivity contribution in [1.29, 1.82) is 0 Å². The summed E-state index contributed by atoms with van der Waals surface area (Å²) in [5.41, 5.74) is 0.245. The van der Waals surface area contributed by atoms with E-state index < -0.39 is 12.0 Å². The Morgan fingerprint density at radius 1 is 1.33 bits per heavy atom. The van der Waals surface area contributed by atoms with E-state index >= 15 is 0 Å². The largest absolute Gasteiger partial charge is 0.478 e. The summed E-state index contributed by atoms with van der Waals surface area (Å²) in [7, 11) is 3.05. The van der Waals surface area contributed by atoms with Crippen LogP contribution < -0.4 is 10.6 Å². The molecule has 1 rings (SSSR count). The van der Waals surface area contributed by atoms with Crippen LogP contribution in [0.25, 0.3) is 0 Å². The molecule has 0 aliphatic rings. The molecule has 0 bridgehead atoms. The highest BCUT2D eigenvalue weighted by molar-refractivity contribution is 14.1. The number of carboxylic acid groups (broad SMARTS) is 1. The molecule has 3 amide bonds. The van der Waals surface area contributed by atoms with Gasteiger partial charge in [-0.1, -0.05) is 0 Å². The lowest BCUT2D eigenvalue weighted by atomic mass is 10.2. The van der Waals surface area contributed by atoms with E-state index in [1.54, 1.807) is 6.07 Å². The molecule has 0 atom stereocenters. The second-order valence-corrected chi connectivity index (χ2v) is 5.52. The summed E-state index contributed by atoms with van der Waals surface area (Å²) in [5, 5.41) is 14.1. The average Bonchev–Trinajstić information content (AvgIpc) is 2.45. The molecular weight excluding hydrogens is 389 g/mol. The van der Waals surface area contributed by atoms with Crippen molar-refractivity contribution in [3.05, 3.63) is 27.3 Å². The number of amides is 3. The maximum absolute atomic E-state index is 12.0. The number of benzene rings is 1. The number of nitrogens with zero attached hydrogens (tertiary/aromatic N) is 1. The van der Waals surface area contributed by atoms with Gasteiger partial charge >= 0.3 is 12.0 Å². The van der Waals surface area contributed by atoms with E-state index in [4.69, 9.17) is 5.11 Å². The van der Waals surface area contributed by atoms with Crippen LogP contribution in [0.5, 0.6) is 0 Å². The fraction of sp³-hybridized carbons (Fsp3) is 0.308. The summed E-state index contributed by atoms with van der Waals surface area (Å²) < 4.78 is 0.760. The van der Waals surface area contributed by atoms with E-state index in [-0.39, 0.29) is 30.1 Å². The first-order chi connectivity index (χ1) is 9.85. The number of carbonyl (C=O) groups excluding carboxylic acids is 2. The lowest BCUT2D eigenvalue weighted by Gasteiger charge is -2.18. The molecule has 0 aliphatic carbocycles. The maximum atomic E-state index is 12.0. The number of aromatic carboxylic acids is 1. The van der Waals surface area contributed by atoms with E-state index in [2.05, 4.69) is 10.6 Å². The smallest absolute Gasteiger partial charge is 0.337 e. The highest BCUT2D eigenvalue weighted by Crippen LogP contribution is 2.19. The molecule has 0 saturated carbocycles. The van der Waals surface area contributed by atoms with Crippen LogP contribution in [0.3, 0.4) is 0 Å². The van der Waals surface area contributed by atoms with Gasteiger partial charge in [-0.05, 0) is 40.8 Å². The average molecular weight is 405 g/mol. The van der Waals surface area contributed by atoms with Gasteiger partial charge in [-0.3, -0.25) is 4.79 Å². The first kappa shape index (κ1) is 17.2. The number of rotatable bonds is 5. The standard InChI is InChI=1S/C13H16IN3O4/c1-15-11(18)5-6-17(2)13(21)16-10-4-3-8(14)7-9(10)12(19)20/h3-4,7H,5-6H2,1-2H3,(H,15,18)(H,16,21)(H,19,20). The first-order valence-electron chi connectivity index (χ1n) is 6.10. The summed E-state index contributed by atoms with van der Waals surface area (Å²) in [6.07, 6.45) is 0.179. The minimum Gasteiger partial charge on any atom is -0.478 e. The number of nitrogens with one attached hydrogen (secondary N) is 2. The molecule has 21 heavy (non-hydrogen) atoms. The third-order valence-electron chi connectivity index (χ3n) is 2.75. The van der Waals surface area contributed by atoms with Gasteiger partial charge in [-0.25, -0.2) is 9.59 Å². The Balaban J connectivity index is 2.74. The van der Waals surface area contributed by atoms with Gasteiger partial charge in [0.15, 0.2) is 0 Å². The minimum atomic E-state index is -1.11. The SMILES string of the molecule is CNC(=O)CCN(C)C(=O)Nc1ccc(I)cc1C(=O)O. The lowest BCUT2D eigenvalue weighted by Crippen LogP contribution is -2.34. The van der Waals surface area contributed by atoms with Crippen molar-refractivity contribution in [3.8, 4) is 0 Å². The zero-order valence-corrected chi connectivity index (χ0v) is 13.8. The van der Waals surface area contributed by atoms with Crippen LogP contribution in [0.15, 0.2) is 18.2 Å². The second kappa shape index (κ2) is 7.81. The van der Waals surface area contributed by atoms with E-state index in [1.807, 2.05) is 22.6 Å². The molecule has 8 heteroatoms. The van der Waals surface area contributed by atoms with Crippen LogP contribution in [0.1, 0.15) is 16.8 Å². The van der Waals surface area contributed by atoms with Crippen LogP contribution in [-0.2, 0) is 4.79 Å². The van der Waals surface area contributed by atoms with Crippen molar-refractivity contribution in [3.63, 3.8) is 0 Å². The van der Waals surface area contributed by atoms with Crippen LogP contribution in [0.2, 0.25) is 0 Å². The molecular formula is C13H16IN3O4. The summed E-state index contributed by atoms with van der Waals surface area (Å²) in [6.45, 7) is 0.234. The second-order valence-electron chi connectivity index (χ2n) is 4.27. The Labute approximate surface area is 135 Å². The molecule has 0 aliphatic heterocycles. The molecule has 0 spiro atoms. The van der Waals surface area contributed by atoms with Gasteiger partial charge in [0.05, 0.1) is 11.3 Å². The Morgan fingerprint density at radius 3 is 2.57 bits per heavy atom. The van der Waals surface area contributed by atoms with Gasteiger partial charge in [0.2, 0.25) is 5.91 Å². The van der Waals surface area contributed by atoms with E-state index in [1.165, 1.54) is 31.1 Å². The Bertz CT molecular complexity index is 562. The van der Waals surface area contributed by atoms with Crippen molar-refractivity contribution in [2.45, 2.75) is 6.42 Å². The monoisotopic (exact) mass is 405 g/mol. The molecule has 0 heterocycles. The van der Waals surface area contributed by atoms with Crippen molar-refractivity contribution in [1.82, 2.24) is 10.2 Å². The van der Waals surface area contributed by atoms with Crippen molar-refractivity contribution in [2.24, 2.45) is 0 Å². The van der Waals surface area contributed by atoms with Gasteiger partial charge in [0.1, 0.15) is 0 Å². The predicted molar refractivity (Wildman–Crippen MR) is 86.5 cm³/mol.